The number of aliphatic carboxylic acids is 1. The quantitative estimate of drug-likeness (QED) is 0.717. The Labute approximate surface area is 115 Å². The van der Waals surface area contributed by atoms with E-state index < -0.39 is 12.0 Å². The van der Waals surface area contributed by atoms with Crippen LogP contribution in [0.3, 0.4) is 0 Å². The highest BCUT2D eigenvalue weighted by Gasteiger charge is 2.29. The van der Waals surface area contributed by atoms with E-state index in [2.05, 4.69) is 24.5 Å². The van der Waals surface area contributed by atoms with Gasteiger partial charge in [0.25, 0.3) is 0 Å². The fourth-order valence-corrected chi connectivity index (χ4v) is 2.84. The Hall–Kier alpha value is -1.26. The van der Waals surface area contributed by atoms with Crippen molar-refractivity contribution < 1.29 is 14.7 Å². The zero-order valence-electron chi connectivity index (χ0n) is 12.1. The molecule has 3 N–H and O–H groups in total. The standard InChI is InChI=1S/C14H26N2O3/c1-4-11(13(17)18)15-14(19)16-12-8-6-5-7-10(12)9(2)3/h9-12H,4-8H2,1-3H3,(H,17,18)(H2,15,16,19)/t10?,11-,12?/m1/s1. The van der Waals surface area contributed by atoms with Crippen molar-refractivity contribution in [3.8, 4) is 0 Å². The van der Waals surface area contributed by atoms with Crippen LogP contribution in [0.15, 0.2) is 0 Å². The maximum atomic E-state index is 11.9. The van der Waals surface area contributed by atoms with E-state index in [1.165, 1.54) is 6.42 Å². The molecule has 2 amide bonds. The van der Waals surface area contributed by atoms with Gasteiger partial charge in [-0.3, -0.25) is 0 Å². The zero-order valence-corrected chi connectivity index (χ0v) is 12.1. The average molecular weight is 270 g/mol. The van der Waals surface area contributed by atoms with Gasteiger partial charge in [0, 0.05) is 6.04 Å². The van der Waals surface area contributed by atoms with Crippen LogP contribution < -0.4 is 10.6 Å². The molecule has 1 rings (SSSR count). The SMILES string of the molecule is CC[C@@H](NC(=O)NC1CCCCC1C(C)C)C(=O)O. The Bertz CT molecular complexity index is 318. The van der Waals surface area contributed by atoms with E-state index in [0.717, 1.165) is 19.3 Å². The van der Waals surface area contributed by atoms with Crippen molar-refractivity contribution in [3.63, 3.8) is 0 Å². The van der Waals surface area contributed by atoms with Crippen molar-refractivity contribution in [3.05, 3.63) is 0 Å². The maximum absolute atomic E-state index is 11.9. The fraction of sp³-hybridized carbons (Fsp3) is 0.857. The number of hydrogen-bond donors (Lipinski definition) is 3. The molecule has 5 heteroatoms. The molecule has 5 nitrogen and oxygen atoms in total. The van der Waals surface area contributed by atoms with Crippen molar-refractivity contribution >= 4 is 12.0 Å². The van der Waals surface area contributed by atoms with Crippen LogP contribution in [-0.2, 0) is 4.79 Å². The highest BCUT2D eigenvalue weighted by Crippen LogP contribution is 2.30. The molecule has 0 heterocycles. The summed E-state index contributed by atoms with van der Waals surface area (Å²) >= 11 is 0. The molecular formula is C14H26N2O3. The van der Waals surface area contributed by atoms with E-state index in [9.17, 15) is 9.59 Å². The van der Waals surface area contributed by atoms with Gasteiger partial charge < -0.3 is 15.7 Å². The molecule has 1 fully saturated rings. The van der Waals surface area contributed by atoms with Crippen LogP contribution in [0.25, 0.3) is 0 Å². The Morgan fingerprint density at radius 3 is 2.42 bits per heavy atom. The molecule has 1 aliphatic carbocycles. The number of hydrogen-bond acceptors (Lipinski definition) is 2. The summed E-state index contributed by atoms with van der Waals surface area (Å²) in [5, 5.41) is 14.4. The first-order chi connectivity index (χ1) is 8.95. The van der Waals surface area contributed by atoms with Crippen molar-refractivity contribution in [2.24, 2.45) is 11.8 Å². The van der Waals surface area contributed by atoms with Crippen LogP contribution >= 0.6 is 0 Å². The largest absolute Gasteiger partial charge is 0.480 e. The van der Waals surface area contributed by atoms with Crippen LogP contribution in [0.1, 0.15) is 52.9 Å². The van der Waals surface area contributed by atoms with E-state index in [1.54, 1.807) is 6.92 Å². The minimum Gasteiger partial charge on any atom is -0.480 e. The summed E-state index contributed by atoms with van der Waals surface area (Å²) in [4.78, 5) is 22.8. The van der Waals surface area contributed by atoms with Gasteiger partial charge in [-0.05, 0) is 31.1 Å². The first-order valence-corrected chi connectivity index (χ1v) is 7.25. The topological polar surface area (TPSA) is 78.4 Å². The molecule has 0 spiro atoms. The average Bonchev–Trinajstić information content (AvgIpc) is 2.35. The van der Waals surface area contributed by atoms with Gasteiger partial charge in [-0.1, -0.05) is 33.6 Å². The predicted octanol–water partition coefficient (Wildman–Crippen LogP) is 2.36. The van der Waals surface area contributed by atoms with Crippen LogP contribution in [0.2, 0.25) is 0 Å². The van der Waals surface area contributed by atoms with Crippen LogP contribution in [0, 0.1) is 11.8 Å². The molecule has 0 aromatic carbocycles. The molecular weight excluding hydrogens is 244 g/mol. The normalized spacial score (nSPS) is 24.8. The Morgan fingerprint density at radius 2 is 1.89 bits per heavy atom. The predicted molar refractivity (Wildman–Crippen MR) is 74.0 cm³/mol. The Morgan fingerprint density at radius 1 is 1.26 bits per heavy atom. The third kappa shape index (κ3) is 4.73. The lowest BCUT2D eigenvalue weighted by Crippen LogP contribution is -2.52. The van der Waals surface area contributed by atoms with Crippen molar-refractivity contribution in [1.29, 1.82) is 0 Å². The number of carbonyl (C=O) groups excluding carboxylic acids is 1. The van der Waals surface area contributed by atoms with Gasteiger partial charge in [-0.25, -0.2) is 9.59 Å². The number of carboxylic acids is 1. The molecule has 0 radical (unpaired) electrons. The molecule has 19 heavy (non-hydrogen) atoms. The second-order valence-corrected chi connectivity index (χ2v) is 5.72. The van der Waals surface area contributed by atoms with E-state index in [4.69, 9.17) is 5.11 Å². The molecule has 0 aromatic rings. The van der Waals surface area contributed by atoms with E-state index >= 15 is 0 Å². The summed E-state index contributed by atoms with van der Waals surface area (Å²) < 4.78 is 0. The van der Waals surface area contributed by atoms with E-state index in [-0.39, 0.29) is 12.1 Å². The van der Waals surface area contributed by atoms with Gasteiger partial charge in [-0.2, -0.15) is 0 Å². The summed E-state index contributed by atoms with van der Waals surface area (Å²) in [7, 11) is 0. The van der Waals surface area contributed by atoms with E-state index in [1.807, 2.05) is 0 Å². The summed E-state index contributed by atoms with van der Waals surface area (Å²) in [5.74, 6) is 0.0400. The highest BCUT2D eigenvalue weighted by molar-refractivity contribution is 5.82. The molecule has 0 bridgehead atoms. The van der Waals surface area contributed by atoms with E-state index in [0.29, 0.717) is 18.3 Å². The van der Waals surface area contributed by atoms with Crippen LogP contribution in [0.4, 0.5) is 4.79 Å². The first kappa shape index (κ1) is 15.8. The maximum Gasteiger partial charge on any atom is 0.326 e. The van der Waals surface area contributed by atoms with Gasteiger partial charge in [0.05, 0.1) is 0 Å². The molecule has 0 saturated heterocycles. The Balaban J connectivity index is 2.52. The molecule has 3 atom stereocenters. The minimum absolute atomic E-state index is 0.167. The van der Waals surface area contributed by atoms with Gasteiger partial charge in [0.2, 0.25) is 0 Å². The second kappa shape index (κ2) is 7.36. The third-order valence-electron chi connectivity index (χ3n) is 4.00. The summed E-state index contributed by atoms with van der Waals surface area (Å²) in [5.41, 5.74) is 0. The second-order valence-electron chi connectivity index (χ2n) is 5.72. The van der Waals surface area contributed by atoms with Crippen molar-refractivity contribution in [1.82, 2.24) is 10.6 Å². The number of urea groups is 1. The monoisotopic (exact) mass is 270 g/mol. The molecule has 2 unspecified atom stereocenters. The third-order valence-corrected chi connectivity index (χ3v) is 4.00. The van der Waals surface area contributed by atoms with Gasteiger partial charge in [0.15, 0.2) is 0 Å². The number of carboxylic acid groups (broad SMARTS) is 1. The number of amides is 2. The smallest absolute Gasteiger partial charge is 0.326 e. The van der Waals surface area contributed by atoms with Gasteiger partial charge in [0.1, 0.15) is 6.04 Å². The summed E-state index contributed by atoms with van der Waals surface area (Å²) in [6.45, 7) is 6.10. The molecule has 1 aliphatic rings. The molecule has 1 saturated carbocycles. The Kier molecular flexibility index (Phi) is 6.12. The van der Waals surface area contributed by atoms with Crippen LogP contribution in [0.5, 0.6) is 0 Å². The number of nitrogens with one attached hydrogen (secondary N) is 2. The van der Waals surface area contributed by atoms with Crippen molar-refractivity contribution in [2.45, 2.75) is 65.0 Å². The van der Waals surface area contributed by atoms with Crippen LogP contribution in [-0.4, -0.2) is 29.2 Å². The summed E-state index contributed by atoms with van der Waals surface area (Å²) in [6.07, 6.45) is 4.86. The number of rotatable bonds is 5. The first-order valence-electron chi connectivity index (χ1n) is 7.25. The zero-order chi connectivity index (χ0) is 14.4. The lowest BCUT2D eigenvalue weighted by Gasteiger charge is -2.35. The van der Waals surface area contributed by atoms with Gasteiger partial charge in [-0.15, -0.1) is 0 Å². The summed E-state index contributed by atoms with van der Waals surface area (Å²) in [6, 6.07) is -0.993. The fourth-order valence-electron chi connectivity index (χ4n) is 2.84. The van der Waals surface area contributed by atoms with Crippen molar-refractivity contribution in [2.75, 3.05) is 0 Å². The minimum atomic E-state index is -0.985. The lowest BCUT2D eigenvalue weighted by atomic mass is 9.78. The molecule has 0 aromatic heterocycles. The van der Waals surface area contributed by atoms with Gasteiger partial charge >= 0.3 is 12.0 Å². The number of carbonyl (C=O) groups is 2. The molecule has 110 valence electrons. The highest BCUT2D eigenvalue weighted by atomic mass is 16.4. The lowest BCUT2D eigenvalue weighted by molar-refractivity contribution is -0.139. The molecule has 0 aliphatic heterocycles.